The molecule has 2 rings (SSSR count). The highest BCUT2D eigenvalue weighted by molar-refractivity contribution is 9.11. The fourth-order valence-electron chi connectivity index (χ4n) is 1.70. The quantitative estimate of drug-likeness (QED) is 0.767. The number of thiophene rings is 1. The van der Waals surface area contributed by atoms with Crippen LogP contribution in [0.1, 0.15) is 20.8 Å². The molecule has 0 N–H and O–H groups in total. The molecule has 2 aromatic rings. The number of carbonyl (C=O) groups excluding carboxylic acids is 1. The van der Waals surface area contributed by atoms with E-state index in [4.69, 9.17) is 0 Å². The zero-order chi connectivity index (χ0) is 14.9. The molecule has 0 fully saturated rings. The molecular formula is C14H13BrO3S2. The number of halogens is 1. The van der Waals surface area contributed by atoms with Gasteiger partial charge < -0.3 is 0 Å². The smallest absolute Gasteiger partial charge is 0.188 e. The molecule has 0 aliphatic carbocycles. The first kappa shape index (κ1) is 15.4. The third-order valence-corrected chi connectivity index (χ3v) is 6.29. The van der Waals surface area contributed by atoms with Crippen molar-refractivity contribution in [2.75, 3.05) is 5.75 Å². The van der Waals surface area contributed by atoms with Crippen LogP contribution in [-0.4, -0.2) is 20.0 Å². The monoisotopic (exact) mass is 372 g/mol. The number of aryl methyl sites for hydroxylation is 2. The Morgan fingerprint density at radius 1 is 1.15 bits per heavy atom. The Balaban J connectivity index is 2.27. The summed E-state index contributed by atoms with van der Waals surface area (Å²) in [4.78, 5) is 12.7. The Morgan fingerprint density at radius 3 is 2.40 bits per heavy atom. The van der Waals surface area contributed by atoms with E-state index in [-0.39, 0.29) is 10.7 Å². The van der Waals surface area contributed by atoms with Crippen LogP contribution in [0.2, 0.25) is 0 Å². The number of sulfone groups is 1. The Labute approximate surface area is 130 Å². The third kappa shape index (κ3) is 3.37. The molecule has 0 aliphatic rings. The lowest BCUT2D eigenvalue weighted by molar-refractivity contribution is 0.102. The van der Waals surface area contributed by atoms with Crippen molar-refractivity contribution in [1.82, 2.24) is 0 Å². The number of rotatable bonds is 4. The molecule has 0 radical (unpaired) electrons. The van der Waals surface area contributed by atoms with Crippen molar-refractivity contribution in [3.8, 4) is 0 Å². The van der Waals surface area contributed by atoms with Crippen molar-refractivity contribution < 1.29 is 13.2 Å². The van der Waals surface area contributed by atoms with Crippen LogP contribution in [0.3, 0.4) is 0 Å². The molecule has 0 aliphatic heterocycles. The standard InChI is InChI=1S/C14H13BrO3S2/c1-9-3-4-11(7-10(9)2)20(17,18)8-12(16)13-5-6-14(15)19-13/h3-7H,8H2,1-2H3. The maximum absolute atomic E-state index is 12.3. The minimum absolute atomic E-state index is 0.199. The second kappa shape index (κ2) is 5.79. The number of hydrogen-bond donors (Lipinski definition) is 0. The molecular weight excluding hydrogens is 360 g/mol. The van der Waals surface area contributed by atoms with E-state index in [0.717, 1.165) is 14.9 Å². The number of carbonyl (C=O) groups is 1. The largest absolute Gasteiger partial charge is 0.292 e. The summed E-state index contributed by atoms with van der Waals surface area (Å²) >= 11 is 4.50. The van der Waals surface area contributed by atoms with Gasteiger partial charge in [-0.3, -0.25) is 4.79 Å². The minimum atomic E-state index is -3.60. The van der Waals surface area contributed by atoms with Crippen molar-refractivity contribution in [1.29, 1.82) is 0 Å². The fraction of sp³-hybridized carbons (Fsp3) is 0.214. The first-order chi connectivity index (χ1) is 9.29. The Morgan fingerprint density at radius 2 is 1.85 bits per heavy atom. The zero-order valence-electron chi connectivity index (χ0n) is 11.0. The van der Waals surface area contributed by atoms with Gasteiger partial charge in [0.15, 0.2) is 15.6 Å². The lowest BCUT2D eigenvalue weighted by atomic mass is 10.1. The lowest BCUT2D eigenvalue weighted by Crippen LogP contribution is -2.15. The summed E-state index contributed by atoms with van der Waals surface area (Å²) in [6.45, 7) is 3.77. The van der Waals surface area contributed by atoms with Crippen LogP contribution in [0.4, 0.5) is 0 Å². The number of hydrogen-bond acceptors (Lipinski definition) is 4. The topological polar surface area (TPSA) is 51.2 Å². The molecule has 1 heterocycles. The van der Waals surface area contributed by atoms with Crippen LogP contribution in [-0.2, 0) is 9.84 Å². The molecule has 0 atom stereocenters. The Hall–Kier alpha value is -0.980. The van der Waals surface area contributed by atoms with E-state index in [0.29, 0.717) is 4.88 Å². The van der Waals surface area contributed by atoms with E-state index in [2.05, 4.69) is 15.9 Å². The molecule has 106 valence electrons. The molecule has 1 aromatic heterocycles. The lowest BCUT2D eigenvalue weighted by Gasteiger charge is -2.06. The van der Waals surface area contributed by atoms with Gasteiger partial charge in [-0.2, -0.15) is 0 Å². The van der Waals surface area contributed by atoms with Crippen molar-refractivity contribution in [2.45, 2.75) is 18.7 Å². The van der Waals surface area contributed by atoms with Gasteiger partial charge in [-0.1, -0.05) is 6.07 Å². The highest BCUT2D eigenvalue weighted by Crippen LogP contribution is 2.24. The summed E-state index contributed by atoms with van der Waals surface area (Å²) in [5.41, 5.74) is 1.93. The summed E-state index contributed by atoms with van der Waals surface area (Å²) in [5.74, 6) is -0.874. The van der Waals surface area contributed by atoms with Crippen LogP contribution < -0.4 is 0 Å². The maximum atomic E-state index is 12.3. The maximum Gasteiger partial charge on any atom is 0.188 e. The number of benzene rings is 1. The zero-order valence-corrected chi connectivity index (χ0v) is 14.2. The van der Waals surface area contributed by atoms with E-state index in [1.165, 1.54) is 11.3 Å². The Bertz CT molecular complexity index is 760. The van der Waals surface area contributed by atoms with Crippen molar-refractivity contribution >= 4 is 42.9 Å². The SMILES string of the molecule is Cc1ccc(S(=O)(=O)CC(=O)c2ccc(Br)s2)cc1C. The van der Waals surface area contributed by atoms with Gasteiger partial charge >= 0.3 is 0 Å². The van der Waals surface area contributed by atoms with Gasteiger partial charge in [0.1, 0.15) is 5.75 Å². The average molecular weight is 373 g/mol. The molecule has 6 heteroatoms. The van der Waals surface area contributed by atoms with E-state index >= 15 is 0 Å². The van der Waals surface area contributed by atoms with Crippen LogP contribution in [0.5, 0.6) is 0 Å². The molecule has 0 saturated carbocycles. The molecule has 0 amide bonds. The molecule has 0 spiro atoms. The van der Waals surface area contributed by atoms with Crippen LogP contribution in [0, 0.1) is 13.8 Å². The van der Waals surface area contributed by atoms with Gasteiger partial charge in [-0.15, -0.1) is 11.3 Å². The molecule has 3 nitrogen and oxygen atoms in total. The van der Waals surface area contributed by atoms with Crippen LogP contribution in [0.25, 0.3) is 0 Å². The second-order valence-electron chi connectivity index (χ2n) is 4.53. The van der Waals surface area contributed by atoms with E-state index in [1.54, 1.807) is 30.3 Å². The highest BCUT2D eigenvalue weighted by Gasteiger charge is 2.21. The first-order valence-electron chi connectivity index (χ1n) is 5.88. The van der Waals surface area contributed by atoms with Crippen molar-refractivity contribution in [2.24, 2.45) is 0 Å². The van der Waals surface area contributed by atoms with Crippen molar-refractivity contribution in [3.05, 3.63) is 50.1 Å². The Kier molecular flexibility index (Phi) is 4.46. The molecule has 0 saturated heterocycles. The fourth-order valence-corrected chi connectivity index (χ4v) is 4.41. The predicted octanol–water partition coefficient (Wildman–Crippen LogP) is 3.78. The van der Waals surface area contributed by atoms with Crippen LogP contribution in [0.15, 0.2) is 39.0 Å². The highest BCUT2D eigenvalue weighted by atomic mass is 79.9. The van der Waals surface area contributed by atoms with Gasteiger partial charge in [0.05, 0.1) is 13.6 Å². The van der Waals surface area contributed by atoms with Gasteiger partial charge in [0.25, 0.3) is 0 Å². The van der Waals surface area contributed by atoms with E-state index in [9.17, 15) is 13.2 Å². The first-order valence-corrected chi connectivity index (χ1v) is 9.14. The number of Topliss-reactive ketones (excluding diaryl/α,β-unsaturated/α-hetero) is 1. The molecule has 0 bridgehead atoms. The van der Waals surface area contributed by atoms with Gasteiger partial charge in [-0.25, -0.2) is 8.42 Å². The van der Waals surface area contributed by atoms with E-state index in [1.807, 2.05) is 13.8 Å². The van der Waals surface area contributed by atoms with Crippen molar-refractivity contribution in [3.63, 3.8) is 0 Å². The van der Waals surface area contributed by atoms with E-state index < -0.39 is 15.6 Å². The molecule has 0 unspecified atom stereocenters. The van der Waals surface area contributed by atoms with Gasteiger partial charge in [0, 0.05) is 0 Å². The second-order valence-corrected chi connectivity index (χ2v) is 8.98. The molecule has 1 aromatic carbocycles. The normalized spacial score (nSPS) is 11.6. The summed E-state index contributed by atoms with van der Waals surface area (Å²) < 4.78 is 25.3. The van der Waals surface area contributed by atoms with Crippen LogP contribution >= 0.6 is 27.3 Å². The summed E-state index contributed by atoms with van der Waals surface area (Å²) in [5, 5.41) is 0. The summed E-state index contributed by atoms with van der Waals surface area (Å²) in [7, 11) is -3.60. The summed E-state index contributed by atoms with van der Waals surface area (Å²) in [6.07, 6.45) is 0. The predicted molar refractivity (Wildman–Crippen MR) is 84.3 cm³/mol. The minimum Gasteiger partial charge on any atom is -0.292 e. The van der Waals surface area contributed by atoms with Gasteiger partial charge in [-0.05, 0) is 65.2 Å². The summed E-state index contributed by atoms with van der Waals surface area (Å²) in [6, 6.07) is 8.29. The third-order valence-electron chi connectivity index (χ3n) is 3.01. The number of ketones is 1. The average Bonchev–Trinajstić information content (AvgIpc) is 2.79. The van der Waals surface area contributed by atoms with Gasteiger partial charge in [0.2, 0.25) is 0 Å². The molecule has 20 heavy (non-hydrogen) atoms.